The summed E-state index contributed by atoms with van der Waals surface area (Å²) in [6.45, 7) is 2.28. The quantitative estimate of drug-likeness (QED) is 0.839. The normalized spacial score (nSPS) is 17.1. The number of likely N-dealkylation sites (tertiary alicyclic amines) is 1. The Morgan fingerprint density at radius 3 is 2.84 bits per heavy atom. The fourth-order valence-corrected chi connectivity index (χ4v) is 3.31. The minimum Gasteiger partial charge on any atom is -0.423 e. The van der Waals surface area contributed by atoms with Gasteiger partial charge < -0.3 is 20.0 Å². The summed E-state index contributed by atoms with van der Waals surface area (Å²) in [5.41, 5.74) is 6.87. The van der Waals surface area contributed by atoms with Crippen LogP contribution in [0, 0.1) is 6.92 Å². The van der Waals surface area contributed by atoms with Gasteiger partial charge in [0.05, 0.1) is 6.54 Å². The van der Waals surface area contributed by atoms with Crippen LogP contribution in [0.25, 0.3) is 11.0 Å². The molecule has 7 nitrogen and oxygen atoms in total. The number of rotatable bonds is 3. The Hall–Kier alpha value is -2.67. The van der Waals surface area contributed by atoms with Crippen molar-refractivity contribution in [3.05, 3.63) is 40.2 Å². The first kappa shape index (κ1) is 17.2. The van der Waals surface area contributed by atoms with Gasteiger partial charge in [0.1, 0.15) is 11.6 Å². The van der Waals surface area contributed by atoms with Crippen LogP contribution in [-0.2, 0) is 9.59 Å². The van der Waals surface area contributed by atoms with Crippen LogP contribution in [0.2, 0.25) is 0 Å². The second-order valence-electron chi connectivity index (χ2n) is 6.28. The van der Waals surface area contributed by atoms with E-state index in [-0.39, 0.29) is 18.4 Å². The highest BCUT2D eigenvalue weighted by molar-refractivity contribution is 6.00. The van der Waals surface area contributed by atoms with Crippen LogP contribution in [0.5, 0.6) is 0 Å². The Labute approximate surface area is 145 Å². The molecule has 0 bridgehead atoms. The van der Waals surface area contributed by atoms with E-state index in [0.29, 0.717) is 24.2 Å². The third-order valence-corrected chi connectivity index (χ3v) is 4.69. The zero-order chi connectivity index (χ0) is 18.1. The molecule has 2 aromatic rings. The molecule has 1 atom stereocenters. The summed E-state index contributed by atoms with van der Waals surface area (Å²) in [6, 6.07) is 6.24. The summed E-state index contributed by atoms with van der Waals surface area (Å²) >= 11 is 0. The Morgan fingerprint density at radius 2 is 2.12 bits per heavy atom. The second kappa shape index (κ2) is 6.68. The van der Waals surface area contributed by atoms with E-state index in [0.717, 1.165) is 17.4 Å². The number of anilines is 1. The van der Waals surface area contributed by atoms with Gasteiger partial charge >= 0.3 is 5.63 Å². The van der Waals surface area contributed by atoms with Gasteiger partial charge in [-0.05, 0) is 37.5 Å². The fourth-order valence-electron chi connectivity index (χ4n) is 3.31. The van der Waals surface area contributed by atoms with Gasteiger partial charge in [-0.25, -0.2) is 4.79 Å². The lowest BCUT2D eigenvalue weighted by Gasteiger charge is -2.28. The van der Waals surface area contributed by atoms with Gasteiger partial charge in [0.15, 0.2) is 0 Å². The van der Waals surface area contributed by atoms with E-state index in [9.17, 15) is 14.4 Å². The minimum absolute atomic E-state index is 0.103. The molecule has 1 aromatic heterocycles. The average molecular weight is 343 g/mol. The highest BCUT2D eigenvalue weighted by Crippen LogP contribution is 2.26. The molecule has 1 aliphatic heterocycles. The Kier molecular flexibility index (Phi) is 4.59. The predicted molar refractivity (Wildman–Crippen MR) is 94.4 cm³/mol. The molecular formula is C18H21N3O4. The van der Waals surface area contributed by atoms with Crippen molar-refractivity contribution < 1.29 is 14.0 Å². The predicted octanol–water partition coefficient (Wildman–Crippen LogP) is 1.01. The molecule has 0 spiro atoms. The Bertz CT molecular complexity index is 890. The second-order valence-corrected chi connectivity index (χ2v) is 6.28. The van der Waals surface area contributed by atoms with Gasteiger partial charge in [0.2, 0.25) is 11.8 Å². The van der Waals surface area contributed by atoms with Gasteiger partial charge in [-0.2, -0.15) is 0 Å². The summed E-state index contributed by atoms with van der Waals surface area (Å²) in [4.78, 5) is 39.4. The van der Waals surface area contributed by atoms with Crippen LogP contribution < -0.4 is 16.3 Å². The third kappa shape index (κ3) is 3.15. The molecule has 0 unspecified atom stereocenters. The molecule has 25 heavy (non-hydrogen) atoms. The average Bonchev–Trinajstić information content (AvgIpc) is 3.08. The van der Waals surface area contributed by atoms with E-state index in [4.69, 9.17) is 10.2 Å². The van der Waals surface area contributed by atoms with E-state index < -0.39 is 11.7 Å². The lowest BCUT2D eigenvalue weighted by Crippen LogP contribution is -2.48. The van der Waals surface area contributed by atoms with Crippen molar-refractivity contribution >= 4 is 28.5 Å². The molecule has 2 amide bonds. The van der Waals surface area contributed by atoms with Crippen LogP contribution in [0.1, 0.15) is 18.4 Å². The molecule has 1 saturated heterocycles. The number of nitrogens with two attached hydrogens (primary N) is 1. The third-order valence-electron chi connectivity index (χ3n) is 4.69. The standard InChI is InChI=1S/C18H21N3O4/c1-11-8-17(23)25-15-9-12(5-6-13(11)15)20(2)18(24)14-4-3-7-21(14)16(22)10-19/h5-6,8-9,14H,3-4,7,10,19H2,1-2H3/t14-/m0/s1. The summed E-state index contributed by atoms with van der Waals surface area (Å²) in [5.74, 6) is -0.391. The number of hydrogen-bond donors (Lipinski definition) is 1. The van der Waals surface area contributed by atoms with Crippen LogP contribution >= 0.6 is 0 Å². The molecule has 1 fully saturated rings. The molecule has 1 aromatic carbocycles. The number of aryl methyl sites for hydroxylation is 1. The molecule has 2 heterocycles. The smallest absolute Gasteiger partial charge is 0.336 e. The molecular weight excluding hydrogens is 322 g/mol. The monoisotopic (exact) mass is 343 g/mol. The molecule has 0 aliphatic carbocycles. The minimum atomic E-state index is -0.499. The number of benzene rings is 1. The van der Waals surface area contributed by atoms with Crippen molar-refractivity contribution in [2.45, 2.75) is 25.8 Å². The summed E-state index contributed by atoms with van der Waals surface area (Å²) in [7, 11) is 1.65. The molecule has 132 valence electrons. The van der Waals surface area contributed by atoms with Gasteiger partial charge in [-0.1, -0.05) is 0 Å². The lowest BCUT2D eigenvalue weighted by atomic mass is 10.1. The topological polar surface area (TPSA) is 96.9 Å². The summed E-state index contributed by atoms with van der Waals surface area (Å²) < 4.78 is 5.24. The molecule has 2 N–H and O–H groups in total. The van der Waals surface area contributed by atoms with Gasteiger partial charge in [-0.15, -0.1) is 0 Å². The van der Waals surface area contributed by atoms with Gasteiger partial charge in [0, 0.05) is 36.8 Å². The highest BCUT2D eigenvalue weighted by atomic mass is 16.4. The maximum Gasteiger partial charge on any atom is 0.336 e. The van der Waals surface area contributed by atoms with Crippen LogP contribution in [-0.4, -0.2) is 42.9 Å². The molecule has 3 rings (SSSR count). The van der Waals surface area contributed by atoms with E-state index in [1.54, 1.807) is 24.1 Å². The number of hydrogen-bond acceptors (Lipinski definition) is 5. The zero-order valence-corrected chi connectivity index (χ0v) is 14.3. The van der Waals surface area contributed by atoms with Crippen molar-refractivity contribution in [2.24, 2.45) is 5.73 Å². The summed E-state index contributed by atoms with van der Waals surface area (Å²) in [5, 5.41) is 0.824. The van der Waals surface area contributed by atoms with Crippen molar-refractivity contribution in [2.75, 3.05) is 25.0 Å². The zero-order valence-electron chi connectivity index (χ0n) is 14.3. The van der Waals surface area contributed by atoms with Gasteiger partial charge in [-0.3, -0.25) is 9.59 Å². The molecule has 0 radical (unpaired) electrons. The maximum atomic E-state index is 12.8. The van der Waals surface area contributed by atoms with Gasteiger partial charge in [0.25, 0.3) is 0 Å². The van der Waals surface area contributed by atoms with E-state index in [2.05, 4.69) is 0 Å². The van der Waals surface area contributed by atoms with E-state index in [1.165, 1.54) is 11.0 Å². The molecule has 7 heteroatoms. The fraction of sp³-hybridized carbons (Fsp3) is 0.389. The highest BCUT2D eigenvalue weighted by Gasteiger charge is 2.35. The van der Waals surface area contributed by atoms with Crippen molar-refractivity contribution in [1.29, 1.82) is 0 Å². The lowest BCUT2D eigenvalue weighted by molar-refractivity contribution is -0.136. The van der Waals surface area contributed by atoms with Crippen molar-refractivity contribution in [3.63, 3.8) is 0 Å². The number of nitrogens with zero attached hydrogens (tertiary/aromatic N) is 2. The first-order valence-electron chi connectivity index (χ1n) is 8.24. The number of likely N-dealkylation sites (N-methyl/N-ethyl adjacent to an activating group) is 1. The first-order valence-corrected chi connectivity index (χ1v) is 8.24. The molecule has 1 aliphatic rings. The van der Waals surface area contributed by atoms with E-state index >= 15 is 0 Å². The number of fused-ring (bicyclic) bond motifs is 1. The van der Waals surface area contributed by atoms with Crippen LogP contribution in [0.4, 0.5) is 5.69 Å². The van der Waals surface area contributed by atoms with Crippen LogP contribution in [0.3, 0.4) is 0 Å². The summed E-state index contributed by atoms with van der Waals surface area (Å²) in [6.07, 6.45) is 1.40. The molecule has 0 saturated carbocycles. The number of amides is 2. The maximum absolute atomic E-state index is 12.8. The largest absolute Gasteiger partial charge is 0.423 e. The Morgan fingerprint density at radius 1 is 1.36 bits per heavy atom. The number of carbonyl (C=O) groups excluding carboxylic acids is 2. The SMILES string of the molecule is Cc1cc(=O)oc2cc(N(C)C(=O)[C@@H]3CCCN3C(=O)CN)ccc12. The van der Waals surface area contributed by atoms with E-state index in [1.807, 2.05) is 13.0 Å². The Balaban J connectivity index is 1.91. The number of carbonyl (C=O) groups is 2. The van der Waals surface area contributed by atoms with Crippen LogP contribution in [0.15, 0.2) is 33.5 Å². The first-order chi connectivity index (χ1) is 11.9. The van der Waals surface area contributed by atoms with Crippen molar-refractivity contribution in [3.8, 4) is 0 Å². The van der Waals surface area contributed by atoms with Crippen molar-refractivity contribution in [1.82, 2.24) is 4.90 Å².